The van der Waals surface area contributed by atoms with Crippen molar-refractivity contribution < 1.29 is 4.39 Å². The van der Waals surface area contributed by atoms with Gasteiger partial charge in [0, 0.05) is 38.7 Å². The first-order valence-electron chi connectivity index (χ1n) is 9.27. The third-order valence-electron chi connectivity index (χ3n) is 5.08. The molecule has 1 unspecified atom stereocenters. The summed E-state index contributed by atoms with van der Waals surface area (Å²) in [6.07, 6.45) is 5.28. The Morgan fingerprint density at radius 2 is 2.29 bits per heavy atom. The van der Waals surface area contributed by atoms with Crippen LogP contribution in [0.3, 0.4) is 0 Å². The monoisotopic (exact) mass is 433 g/mol. The van der Waals surface area contributed by atoms with E-state index in [0.29, 0.717) is 22.9 Å². The van der Waals surface area contributed by atoms with E-state index in [2.05, 4.69) is 33.6 Å². The Bertz CT molecular complexity index is 991. The predicted molar refractivity (Wildman–Crippen MR) is 116 cm³/mol. The zero-order valence-electron chi connectivity index (χ0n) is 15.6. The lowest BCUT2D eigenvalue weighted by Crippen LogP contribution is -2.10. The average molecular weight is 434 g/mol. The van der Waals surface area contributed by atoms with Gasteiger partial charge >= 0.3 is 0 Å². The molecular formula is C21H21ClFN3S2. The van der Waals surface area contributed by atoms with Crippen molar-refractivity contribution in [2.24, 2.45) is 5.92 Å². The molecule has 0 spiro atoms. The summed E-state index contributed by atoms with van der Waals surface area (Å²) in [5.41, 5.74) is 3.08. The van der Waals surface area contributed by atoms with Crippen LogP contribution in [0.5, 0.6) is 0 Å². The standard InChI is InChI=1S/C21H21ClFN3S2/c1-3-9-26-20(15-11-27-19-10-13(2)7-8-14(15)19)24-25-21(26)28-12-16-17(22)5-4-6-18(16)23/h3-6,11,13H,1,7-10,12H2,2H3. The molecule has 1 aliphatic carbocycles. The number of hydrogen-bond acceptors (Lipinski definition) is 4. The van der Waals surface area contributed by atoms with Gasteiger partial charge in [0.2, 0.25) is 0 Å². The van der Waals surface area contributed by atoms with Crippen molar-refractivity contribution in [1.29, 1.82) is 0 Å². The normalized spacial score (nSPS) is 16.2. The predicted octanol–water partition coefficient (Wildman–Crippen LogP) is 6.40. The van der Waals surface area contributed by atoms with Crippen LogP contribution in [0.4, 0.5) is 4.39 Å². The van der Waals surface area contributed by atoms with Crippen molar-refractivity contribution in [3.05, 3.63) is 63.1 Å². The maximum Gasteiger partial charge on any atom is 0.192 e. The van der Waals surface area contributed by atoms with Gasteiger partial charge in [-0.2, -0.15) is 0 Å². The molecule has 0 saturated carbocycles. The number of hydrogen-bond donors (Lipinski definition) is 0. The highest BCUT2D eigenvalue weighted by atomic mass is 35.5. The highest BCUT2D eigenvalue weighted by Gasteiger charge is 2.24. The van der Waals surface area contributed by atoms with Crippen molar-refractivity contribution in [2.45, 2.75) is 43.6 Å². The van der Waals surface area contributed by atoms with Gasteiger partial charge in [-0.05, 0) is 42.9 Å². The topological polar surface area (TPSA) is 30.7 Å². The average Bonchev–Trinajstić information content (AvgIpc) is 3.25. The summed E-state index contributed by atoms with van der Waals surface area (Å²) in [6, 6.07) is 4.75. The van der Waals surface area contributed by atoms with Gasteiger partial charge in [0.15, 0.2) is 11.0 Å². The van der Waals surface area contributed by atoms with Crippen LogP contribution in [0.1, 0.15) is 29.3 Å². The molecule has 0 amide bonds. The first kappa shape index (κ1) is 19.7. The van der Waals surface area contributed by atoms with Gasteiger partial charge in [0.25, 0.3) is 0 Å². The lowest BCUT2D eigenvalue weighted by Gasteiger charge is -2.19. The zero-order chi connectivity index (χ0) is 19.7. The number of thioether (sulfide) groups is 1. The molecule has 3 aromatic rings. The summed E-state index contributed by atoms with van der Waals surface area (Å²) < 4.78 is 16.2. The second kappa shape index (κ2) is 8.39. The summed E-state index contributed by atoms with van der Waals surface area (Å²) in [5, 5.41) is 12.3. The van der Waals surface area contributed by atoms with E-state index in [9.17, 15) is 4.39 Å². The van der Waals surface area contributed by atoms with Crippen LogP contribution in [0.15, 0.2) is 41.4 Å². The molecule has 2 heterocycles. The lowest BCUT2D eigenvalue weighted by molar-refractivity contribution is 0.508. The maximum atomic E-state index is 14.1. The van der Waals surface area contributed by atoms with Crippen LogP contribution < -0.4 is 0 Å². The van der Waals surface area contributed by atoms with Crippen LogP contribution in [-0.2, 0) is 25.1 Å². The fraction of sp³-hybridized carbons (Fsp3) is 0.333. The number of halogens is 2. The summed E-state index contributed by atoms with van der Waals surface area (Å²) in [6.45, 7) is 6.80. The summed E-state index contributed by atoms with van der Waals surface area (Å²) in [7, 11) is 0. The van der Waals surface area contributed by atoms with Crippen molar-refractivity contribution in [3.63, 3.8) is 0 Å². The first-order chi connectivity index (χ1) is 13.6. The molecule has 3 nitrogen and oxygen atoms in total. The quantitative estimate of drug-likeness (QED) is 0.332. The molecule has 0 aliphatic heterocycles. The molecule has 0 N–H and O–H groups in total. The molecule has 7 heteroatoms. The van der Waals surface area contributed by atoms with E-state index in [1.807, 2.05) is 17.4 Å². The minimum absolute atomic E-state index is 0.295. The molecule has 1 aromatic carbocycles. The number of nitrogens with zero attached hydrogens (tertiary/aromatic N) is 3. The first-order valence-corrected chi connectivity index (χ1v) is 11.5. The second-order valence-corrected chi connectivity index (χ2v) is 9.41. The number of aromatic nitrogens is 3. The second-order valence-electron chi connectivity index (χ2n) is 7.09. The molecule has 146 valence electrons. The van der Waals surface area contributed by atoms with E-state index in [0.717, 1.165) is 29.7 Å². The Labute approximate surface area is 177 Å². The van der Waals surface area contributed by atoms with Gasteiger partial charge in [-0.3, -0.25) is 4.57 Å². The van der Waals surface area contributed by atoms with Gasteiger partial charge in [-0.25, -0.2) is 4.39 Å². The van der Waals surface area contributed by atoms with Crippen molar-refractivity contribution >= 4 is 34.7 Å². The summed E-state index contributed by atoms with van der Waals surface area (Å²) >= 11 is 9.43. The van der Waals surface area contributed by atoms with Crippen LogP contribution in [0.25, 0.3) is 11.4 Å². The van der Waals surface area contributed by atoms with E-state index in [1.54, 1.807) is 12.1 Å². The lowest BCUT2D eigenvalue weighted by atomic mass is 9.88. The van der Waals surface area contributed by atoms with Gasteiger partial charge < -0.3 is 0 Å². The molecule has 1 atom stereocenters. The summed E-state index contributed by atoms with van der Waals surface area (Å²) in [4.78, 5) is 1.47. The molecule has 2 aromatic heterocycles. The SMILES string of the molecule is C=CCn1c(SCc2c(F)cccc2Cl)nnc1-c1csc2c1CCC(C)C2. The van der Waals surface area contributed by atoms with Crippen LogP contribution in [0, 0.1) is 11.7 Å². The maximum absolute atomic E-state index is 14.1. The van der Waals surface area contributed by atoms with E-state index in [4.69, 9.17) is 11.6 Å². The molecule has 28 heavy (non-hydrogen) atoms. The third kappa shape index (κ3) is 3.78. The molecule has 0 bridgehead atoms. The van der Waals surface area contributed by atoms with Gasteiger partial charge in [0.1, 0.15) is 5.82 Å². The minimum Gasteiger partial charge on any atom is -0.298 e. The fourth-order valence-corrected chi connectivity index (χ4v) is 6.09. The van der Waals surface area contributed by atoms with Gasteiger partial charge in [-0.1, -0.05) is 42.4 Å². The number of benzene rings is 1. The van der Waals surface area contributed by atoms with Crippen LogP contribution in [-0.4, -0.2) is 14.8 Å². The number of rotatable bonds is 6. The van der Waals surface area contributed by atoms with Crippen molar-refractivity contribution in [2.75, 3.05) is 0 Å². The van der Waals surface area contributed by atoms with Gasteiger partial charge in [-0.15, -0.1) is 28.1 Å². The van der Waals surface area contributed by atoms with Gasteiger partial charge in [0.05, 0.1) is 0 Å². The molecule has 0 saturated heterocycles. The minimum atomic E-state index is -0.295. The zero-order valence-corrected chi connectivity index (χ0v) is 18.0. The fourth-order valence-electron chi connectivity index (χ4n) is 3.56. The molecular weight excluding hydrogens is 413 g/mol. The number of allylic oxidation sites excluding steroid dienone is 1. The molecule has 4 rings (SSSR count). The Kier molecular flexibility index (Phi) is 5.90. The Balaban J connectivity index is 1.64. The summed E-state index contributed by atoms with van der Waals surface area (Å²) in [5.74, 6) is 1.71. The smallest absolute Gasteiger partial charge is 0.192 e. The van der Waals surface area contributed by atoms with Crippen LogP contribution >= 0.6 is 34.7 Å². The van der Waals surface area contributed by atoms with E-state index in [1.165, 1.54) is 40.3 Å². The Hall–Kier alpha value is -1.63. The van der Waals surface area contributed by atoms with Crippen molar-refractivity contribution in [3.8, 4) is 11.4 Å². The van der Waals surface area contributed by atoms with E-state index >= 15 is 0 Å². The van der Waals surface area contributed by atoms with Crippen molar-refractivity contribution in [1.82, 2.24) is 14.8 Å². The molecule has 0 radical (unpaired) electrons. The van der Waals surface area contributed by atoms with E-state index in [-0.39, 0.29) is 5.82 Å². The highest BCUT2D eigenvalue weighted by molar-refractivity contribution is 7.98. The molecule has 0 fully saturated rings. The van der Waals surface area contributed by atoms with Crippen LogP contribution in [0.2, 0.25) is 5.02 Å². The third-order valence-corrected chi connectivity index (χ3v) is 7.48. The number of fused-ring (bicyclic) bond motifs is 1. The Morgan fingerprint density at radius 1 is 1.43 bits per heavy atom. The Morgan fingerprint density at radius 3 is 3.07 bits per heavy atom. The number of thiophene rings is 1. The highest BCUT2D eigenvalue weighted by Crippen LogP contribution is 2.38. The largest absolute Gasteiger partial charge is 0.298 e. The van der Waals surface area contributed by atoms with E-state index < -0.39 is 0 Å². The molecule has 1 aliphatic rings.